The Morgan fingerprint density at radius 2 is 2.11 bits per heavy atom. The van der Waals surface area contributed by atoms with E-state index in [1.54, 1.807) is 10.7 Å². The summed E-state index contributed by atoms with van der Waals surface area (Å²) in [6.07, 6.45) is 3.46. The first-order valence-electron chi connectivity index (χ1n) is 6.31. The van der Waals surface area contributed by atoms with Crippen LogP contribution in [-0.2, 0) is 6.54 Å². The maximum atomic E-state index is 11.7. The van der Waals surface area contributed by atoms with Gasteiger partial charge in [0.25, 0.3) is 5.56 Å². The summed E-state index contributed by atoms with van der Waals surface area (Å²) in [6, 6.07) is 3.67. The van der Waals surface area contributed by atoms with Crippen LogP contribution < -0.4 is 16.2 Å². The van der Waals surface area contributed by atoms with Crippen molar-refractivity contribution in [3.8, 4) is 0 Å². The number of halogens is 1. The van der Waals surface area contributed by atoms with E-state index in [1.165, 1.54) is 12.8 Å². The molecule has 6 heteroatoms. The molecule has 18 heavy (non-hydrogen) atoms. The Morgan fingerprint density at radius 3 is 2.72 bits per heavy atom. The molecular formula is C12H19ClN4O. The van der Waals surface area contributed by atoms with Crippen LogP contribution in [0.5, 0.6) is 0 Å². The van der Waals surface area contributed by atoms with Crippen molar-refractivity contribution in [1.82, 2.24) is 9.78 Å². The Balaban J connectivity index is 0.00000120. The van der Waals surface area contributed by atoms with Crippen molar-refractivity contribution in [3.63, 3.8) is 0 Å². The average Bonchev–Trinajstić information content (AvgIpc) is 3.02. The van der Waals surface area contributed by atoms with E-state index in [-0.39, 0.29) is 24.0 Å². The van der Waals surface area contributed by atoms with E-state index in [4.69, 9.17) is 5.73 Å². The van der Waals surface area contributed by atoms with Gasteiger partial charge in [0.15, 0.2) is 0 Å². The van der Waals surface area contributed by atoms with Crippen molar-refractivity contribution in [3.05, 3.63) is 22.5 Å². The van der Waals surface area contributed by atoms with E-state index in [9.17, 15) is 4.79 Å². The maximum absolute atomic E-state index is 11.7. The molecule has 0 bridgehead atoms. The monoisotopic (exact) mass is 270 g/mol. The van der Waals surface area contributed by atoms with Crippen LogP contribution >= 0.6 is 12.4 Å². The molecule has 0 spiro atoms. The summed E-state index contributed by atoms with van der Waals surface area (Å²) in [5.41, 5.74) is 5.89. The Morgan fingerprint density at radius 1 is 1.33 bits per heavy atom. The predicted octanol–water partition coefficient (Wildman–Crippen LogP) is 0.612. The van der Waals surface area contributed by atoms with Gasteiger partial charge in [0.05, 0.1) is 0 Å². The number of hydrogen-bond donors (Lipinski definition) is 1. The predicted molar refractivity (Wildman–Crippen MR) is 73.3 cm³/mol. The van der Waals surface area contributed by atoms with Crippen molar-refractivity contribution in [2.75, 3.05) is 18.0 Å². The molecule has 1 saturated heterocycles. The number of hydrogen-bond acceptors (Lipinski definition) is 4. The largest absolute Gasteiger partial charge is 0.354 e. The summed E-state index contributed by atoms with van der Waals surface area (Å²) in [5.74, 6) is 1.55. The quantitative estimate of drug-likeness (QED) is 0.874. The fraction of sp³-hybridized carbons (Fsp3) is 0.667. The summed E-state index contributed by atoms with van der Waals surface area (Å²) >= 11 is 0. The molecule has 1 aliphatic carbocycles. The minimum atomic E-state index is 0. The van der Waals surface area contributed by atoms with E-state index in [0.717, 1.165) is 31.9 Å². The molecule has 0 aromatic carbocycles. The zero-order valence-corrected chi connectivity index (χ0v) is 11.1. The van der Waals surface area contributed by atoms with Crippen molar-refractivity contribution in [2.24, 2.45) is 11.7 Å². The van der Waals surface area contributed by atoms with Crippen LogP contribution in [0.4, 0.5) is 5.82 Å². The molecule has 2 aliphatic rings. The van der Waals surface area contributed by atoms with Crippen LogP contribution in [-0.4, -0.2) is 28.9 Å². The highest BCUT2D eigenvalue weighted by molar-refractivity contribution is 5.85. The molecule has 1 saturated carbocycles. The summed E-state index contributed by atoms with van der Waals surface area (Å²) in [6.45, 7) is 2.55. The van der Waals surface area contributed by atoms with Gasteiger partial charge in [-0.15, -0.1) is 12.4 Å². The molecule has 2 N–H and O–H groups in total. The lowest BCUT2D eigenvalue weighted by molar-refractivity contribution is 0.532. The zero-order valence-electron chi connectivity index (χ0n) is 10.3. The van der Waals surface area contributed by atoms with Gasteiger partial charge in [-0.3, -0.25) is 4.79 Å². The van der Waals surface area contributed by atoms with Gasteiger partial charge in [0.2, 0.25) is 0 Å². The number of nitrogens with zero attached hydrogens (tertiary/aromatic N) is 3. The third kappa shape index (κ3) is 2.84. The first kappa shape index (κ1) is 13.4. The van der Waals surface area contributed by atoms with E-state index >= 15 is 0 Å². The minimum Gasteiger partial charge on any atom is -0.354 e. The summed E-state index contributed by atoms with van der Waals surface area (Å²) in [5, 5.41) is 4.44. The Kier molecular flexibility index (Phi) is 3.92. The van der Waals surface area contributed by atoms with Crippen LogP contribution in [0.25, 0.3) is 0 Å². The Labute approximate surface area is 112 Å². The second-order valence-electron chi connectivity index (χ2n) is 5.15. The molecular weight excluding hydrogens is 252 g/mol. The first-order chi connectivity index (χ1) is 8.22. The van der Waals surface area contributed by atoms with Crippen LogP contribution in [0.2, 0.25) is 0 Å². The smallest absolute Gasteiger partial charge is 0.266 e. The topological polar surface area (TPSA) is 64.2 Å². The molecule has 1 aromatic heterocycles. The summed E-state index contributed by atoms with van der Waals surface area (Å²) in [7, 11) is 0. The molecule has 100 valence electrons. The number of rotatable bonds is 3. The van der Waals surface area contributed by atoms with Crippen LogP contribution in [0.1, 0.15) is 19.3 Å². The molecule has 0 amide bonds. The van der Waals surface area contributed by atoms with E-state index < -0.39 is 0 Å². The summed E-state index contributed by atoms with van der Waals surface area (Å²) in [4.78, 5) is 13.8. The van der Waals surface area contributed by atoms with Gasteiger partial charge < -0.3 is 10.6 Å². The SMILES string of the molecule is Cl.NC1CCN(c2ccc(=O)n(CC3CC3)n2)C1. The van der Waals surface area contributed by atoms with Gasteiger partial charge in [0.1, 0.15) is 5.82 Å². The zero-order chi connectivity index (χ0) is 11.8. The van der Waals surface area contributed by atoms with Crippen molar-refractivity contribution in [1.29, 1.82) is 0 Å². The standard InChI is InChI=1S/C12H18N4O.ClH/c13-10-5-6-15(8-10)11-3-4-12(17)16(14-11)7-9-1-2-9;/h3-4,9-10H,1-2,5-8,13H2;1H. The van der Waals surface area contributed by atoms with Crippen LogP contribution in [0, 0.1) is 5.92 Å². The van der Waals surface area contributed by atoms with Gasteiger partial charge in [-0.1, -0.05) is 0 Å². The molecule has 1 atom stereocenters. The van der Waals surface area contributed by atoms with Gasteiger partial charge in [-0.2, -0.15) is 5.10 Å². The lowest BCUT2D eigenvalue weighted by Gasteiger charge is -2.17. The van der Waals surface area contributed by atoms with Crippen molar-refractivity contribution >= 4 is 18.2 Å². The van der Waals surface area contributed by atoms with Gasteiger partial charge in [-0.05, 0) is 31.2 Å². The lowest BCUT2D eigenvalue weighted by Crippen LogP contribution is -2.30. The number of anilines is 1. The van der Waals surface area contributed by atoms with Crippen LogP contribution in [0.15, 0.2) is 16.9 Å². The second-order valence-corrected chi connectivity index (χ2v) is 5.15. The fourth-order valence-electron chi connectivity index (χ4n) is 2.28. The Hall–Kier alpha value is -1.07. The third-order valence-corrected chi connectivity index (χ3v) is 3.53. The normalized spacial score (nSPS) is 22.9. The first-order valence-corrected chi connectivity index (χ1v) is 6.31. The maximum Gasteiger partial charge on any atom is 0.266 e. The highest BCUT2D eigenvalue weighted by Gasteiger charge is 2.24. The number of aromatic nitrogens is 2. The highest BCUT2D eigenvalue weighted by atomic mass is 35.5. The molecule has 1 aliphatic heterocycles. The van der Waals surface area contributed by atoms with E-state index in [2.05, 4.69) is 10.00 Å². The molecule has 2 fully saturated rings. The fourth-order valence-corrected chi connectivity index (χ4v) is 2.28. The minimum absolute atomic E-state index is 0. The van der Waals surface area contributed by atoms with Crippen molar-refractivity contribution in [2.45, 2.75) is 31.8 Å². The van der Waals surface area contributed by atoms with E-state index in [1.807, 2.05) is 6.07 Å². The molecule has 0 radical (unpaired) electrons. The molecule has 1 aromatic rings. The lowest BCUT2D eigenvalue weighted by atomic mass is 10.3. The summed E-state index contributed by atoms with van der Waals surface area (Å²) < 4.78 is 1.61. The van der Waals surface area contributed by atoms with Crippen LogP contribution in [0.3, 0.4) is 0 Å². The van der Waals surface area contributed by atoms with Gasteiger partial charge in [-0.25, -0.2) is 4.68 Å². The molecule has 1 unspecified atom stereocenters. The number of nitrogens with two attached hydrogens (primary N) is 1. The third-order valence-electron chi connectivity index (χ3n) is 3.53. The van der Waals surface area contributed by atoms with Gasteiger partial charge in [0, 0.05) is 31.7 Å². The second kappa shape index (κ2) is 5.28. The molecule has 2 heterocycles. The van der Waals surface area contributed by atoms with Crippen molar-refractivity contribution < 1.29 is 0 Å². The van der Waals surface area contributed by atoms with E-state index in [0.29, 0.717) is 5.92 Å². The Bertz CT molecular complexity index is 471. The molecule has 3 rings (SSSR count). The highest BCUT2D eigenvalue weighted by Crippen LogP contribution is 2.30. The molecule has 5 nitrogen and oxygen atoms in total. The average molecular weight is 271 g/mol. The van der Waals surface area contributed by atoms with Gasteiger partial charge >= 0.3 is 0 Å².